The van der Waals surface area contributed by atoms with Crippen molar-refractivity contribution in [3.63, 3.8) is 0 Å². The van der Waals surface area contributed by atoms with Gasteiger partial charge in [-0.2, -0.15) is 0 Å². The van der Waals surface area contributed by atoms with Gasteiger partial charge in [0.1, 0.15) is 0 Å². The molecule has 1 aromatic carbocycles. The van der Waals surface area contributed by atoms with Crippen LogP contribution in [0.15, 0.2) is 24.3 Å². The van der Waals surface area contributed by atoms with E-state index in [-0.39, 0.29) is 5.92 Å². The fourth-order valence-corrected chi connectivity index (χ4v) is 3.30. The molecule has 2 rings (SSSR count). The molecule has 1 unspecified atom stereocenters. The first-order valence-corrected chi connectivity index (χ1v) is 7.31. The van der Waals surface area contributed by atoms with Gasteiger partial charge < -0.3 is 4.90 Å². The molecule has 1 aliphatic carbocycles. The summed E-state index contributed by atoms with van der Waals surface area (Å²) in [5, 5.41) is 0.613. The van der Waals surface area contributed by atoms with Crippen LogP contribution < -0.4 is 0 Å². The number of benzene rings is 1. The van der Waals surface area contributed by atoms with Gasteiger partial charge in [0.2, 0.25) is 0 Å². The molecular weight excluding hydrogens is 254 g/mol. The summed E-state index contributed by atoms with van der Waals surface area (Å²) >= 11 is 6.00. The number of hydrogen-bond donors (Lipinski definition) is 0. The van der Waals surface area contributed by atoms with E-state index in [0.29, 0.717) is 11.4 Å². The third-order valence-electron chi connectivity index (χ3n) is 4.31. The van der Waals surface area contributed by atoms with Gasteiger partial charge in [0.15, 0.2) is 0 Å². The molecular formula is C17H26ClN. The van der Waals surface area contributed by atoms with E-state index in [1.807, 2.05) is 26.0 Å². The zero-order valence-electron chi connectivity index (χ0n) is 17.6. The number of halogens is 1. The summed E-state index contributed by atoms with van der Waals surface area (Å²) in [6, 6.07) is 6.82. The molecule has 0 saturated heterocycles. The molecule has 0 amide bonds. The van der Waals surface area contributed by atoms with Crippen molar-refractivity contribution in [3.05, 3.63) is 34.9 Å². The minimum Gasteiger partial charge on any atom is -0.306 e. The topological polar surface area (TPSA) is 3.24 Å². The van der Waals surface area contributed by atoms with Crippen LogP contribution in [0.1, 0.15) is 53.3 Å². The highest BCUT2D eigenvalue weighted by molar-refractivity contribution is 6.30. The minimum absolute atomic E-state index is 0.182. The first-order valence-electron chi connectivity index (χ1n) is 9.93. The molecule has 0 spiro atoms. The van der Waals surface area contributed by atoms with Crippen molar-refractivity contribution in [2.24, 2.45) is 5.92 Å². The van der Waals surface area contributed by atoms with Crippen LogP contribution in [0, 0.1) is 5.92 Å². The van der Waals surface area contributed by atoms with Crippen LogP contribution in [0.5, 0.6) is 0 Å². The summed E-state index contributed by atoms with van der Waals surface area (Å²) in [6.45, 7) is -1.36. The van der Waals surface area contributed by atoms with Crippen molar-refractivity contribution >= 4 is 11.6 Å². The van der Waals surface area contributed by atoms with Gasteiger partial charge in [-0.05, 0) is 56.8 Å². The molecule has 1 nitrogen and oxygen atoms in total. The van der Waals surface area contributed by atoms with E-state index >= 15 is 0 Å². The average molecular weight is 286 g/mol. The van der Waals surface area contributed by atoms with Gasteiger partial charge in [0.25, 0.3) is 0 Å². The van der Waals surface area contributed by atoms with E-state index in [1.165, 1.54) is 0 Å². The van der Waals surface area contributed by atoms with Crippen LogP contribution in [-0.4, -0.2) is 24.9 Å². The van der Waals surface area contributed by atoms with Crippen LogP contribution in [0.2, 0.25) is 5.02 Å². The summed E-state index contributed by atoms with van der Waals surface area (Å²) in [7, 11) is 0. The van der Waals surface area contributed by atoms with Crippen molar-refractivity contribution in [1.82, 2.24) is 4.90 Å². The lowest BCUT2D eigenvalue weighted by molar-refractivity contribution is 0.0808. The summed E-state index contributed by atoms with van der Waals surface area (Å²) in [5.41, 5.74) is 0.518. The van der Waals surface area contributed by atoms with Gasteiger partial charge in [0, 0.05) is 24.7 Å². The van der Waals surface area contributed by atoms with Crippen molar-refractivity contribution < 1.29 is 8.22 Å². The predicted molar refractivity (Wildman–Crippen MR) is 83.9 cm³/mol. The van der Waals surface area contributed by atoms with Gasteiger partial charge in [-0.25, -0.2) is 0 Å². The monoisotopic (exact) mass is 285 g/mol. The van der Waals surface area contributed by atoms with Crippen molar-refractivity contribution in [2.75, 3.05) is 14.0 Å². The molecule has 0 bridgehead atoms. The minimum atomic E-state index is -2.68. The Morgan fingerprint density at radius 2 is 1.89 bits per heavy atom. The van der Waals surface area contributed by atoms with Crippen LogP contribution in [-0.2, 0) is 5.41 Å². The van der Waals surface area contributed by atoms with Gasteiger partial charge in [-0.1, -0.05) is 44.0 Å². The third-order valence-corrected chi connectivity index (χ3v) is 4.56. The lowest BCUT2D eigenvalue weighted by atomic mass is 9.58. The molecule has 0 aliphatic heterocycles. The molecule has 0 N–H and O–H groups in total. The Kier molecular flexibility index (Phi) is 2.67. The predicted octanol–water partition coefficient (Wildman–Crippen LogP) is 4.74. The lowest BCUT2D eigenvalue weighted by Gasteiger charge is -2.51. The van der Waals surface area contributed by atoms with Gasteiger partial charge >= 0.3 is 0 Å². The maximum absolute atomic E-state index is 7.87. The Labute approximate surface area is 131 Å². The molecule has 1 saturated carbocycles. The fraction of sp³-hybridized carbons (Fsp3) is 0.647. The van der Waals surface area contributed by atoms with E-state index in [1.54, 1.807) is 12.1 Å². The van der Waals surface area contributed by atoms with Crippen molar-refractivity contribution in [2.45, 2.75) is 51.0 Å². The van der Waals surface area contributed by atoms with E-state index < -0.39 is 25.4 Å². The number of rotatable bonds is 5. The highest BCUT2D eigenvalue weighted by Crippen LogP contribution is 2.49. The fourth-order valence-electron chi connectivity index (χ4n) is 3.18. The molecule has 19 heavy (non-hydrogen) atoms. The second-order valence-electron chi connectivity index (χ2n) is 6.03. The Hall–Kier alpha value is -0.530. The number of likely N-dealkylation sites (N-methyl/N-ethyl adjacent to an activating group) is 1. The molecule has 1 fully saturated rings. The lowest BCUT2D eigenvalue weighted by Crippen LogP contribution is -2.52. The molecule has 0 radical (unpaired) electrons. The molecule has 0 heterocycles. The zero-order valence-corrected chi connectivity index (χ0v) is 12.4. The number of nitrogens with zero attached hydrogens (tertiary/aromatic N) is 1. The normalized spacial score (nSPS) is 25.5. The maximum Gasteiger partial charge on any atom is 0.0406 e. The second kappa shape index (κ2) is 5.85. The summed E-state index contributed by atoms with van der Waals surface area (Å²) < 4.78 is 47.2. The Morgan fingerprint density at radius 3 is 2.32 bits per heavy atom. The molecule has 1 aromatic rings. The summed E-state index contributed by atoms with van der Waals surface area (Å²) in [6.07, 6.45) is 3.05. The SMILES string of the molecule is [2H]C([2H])([2H])N(C(CC(C)C)C1(c2ccc(Cl)cc2)CCC1)C([2H])([2H])[2H]. The molecule has 2 heteroatoms. The quantitative estimate of drug-likeness (QED) is 0.755. The largest absolute Gasteiger partial charge is 0.306 e. The van der Waals surface area contributed by atoms with Crippen molar-refractivity contribution in [3.8, 4) is 0 Å². The highest BCUT2D eigenvalue weighted by atomic mass is 35.5. The highest BCUT2D eigenvalue weighted by Gasteiger charge is 2.46. The van der Waals surface area contributed by atoms with Crippen molar-refractivity contribution in [1.29, 1.82) is 0 Å². The van der Waals surface area contributed by atoms with E-state index in [4.69, 9.17) is 19.8 Å². The molecule has 1 atom stereocenters. The van der Waals surface area contributed by atoms with Crippen LogP contribution in [0.3, 0.4) is 0 Å². The smallest absolute Gasteiger partial charge is 0.0406 e. The third kappa shape index (κ3) is 2.98. The molecule has 0 aromatic heterocycles. The zero-order chi connectivity index (χ0) is 19.0. The Morgan fingerprint density at radius 1 is 1.26 bits per heavy atom. The van der Waals surface area contributed by atoms with E-state index in [9.17, 15) is 0 Å². The van der Waals surface area contributed by atoms with Crippen LogP contribution >= 0.6 is 11.6 Å². The van der Waals surface area contributed by atoms with Crippen LogP contribution in [0.25, 0.3) is 0 Å². The Balaban J connectivity index is 2.56. The standard InChI is InChI=1S/C17H26ClN/c1-13(2)12-16(19(3)4)17(10-5-11-17)14-6-8-15(18)9-7-14/h6-9,13,16H,5,10-12H2,1-4H3/i3D3,4D3. The summed E-state index contributed by atoms with van der Waals surface area (Å²) in [4.78, 5) is 0.799. The van der Waals surface area contributed by atoms with Crippen LogP contribution in [0.4, 0.5) is 0 Å². The van der Waals surface area contributed by atoms with Gasteiger partial charge in [-0.15, -0.1) is 0 Å². The number of hydrogen-bond acceptors (Lipinski definition) is 1. The maximum atomic E-state index is 7.87. The second-order valence-corrected chi connectivity index (χ2v) is 6.47. The molecule has 1 aliphatic rings. The summed E-state index contributed by atoms with van der Waals surface area (Å²) in [5.74, 6) is 0.182. The Bertz CT molecular complexity index is 560. The average Bonchev–Trinajstić information content (AvgIpc) is 2.35. The first-order chi connectivity index (χ1) is 11.4. The van der Waals surface area contributed by atoms with E-state index in [2.05, 4.69) is 0 Å². The van der Waals surface area contributed by atoms with Gasteiger partial charge in [-0.3, -0.25) is 0 Å². The van der Waals surface area contributed by atoms with E-state index in [0.717, 1.165) is 29.7 Å². The van der Waals surface area contributed by atoms with Gasteiger partial charge in [0.05, 0.1) is 0 Å². The molecule has 106 valence electrons. The first kappa shape index (κ1) is 8.69.